The van der Waals surface area contributed by atoms with Gasteiger partial charge in [-0.1, -0.05) is 41.1 Å². The Hall–Kier alpha value is -1.72. The topological polar surface area (TPSA) is 39.7 Å². The Bertz CT molecular complexity index is 676. The summed E-state index contributed by atoms with van der Waals surface area (Å²) in [6, 6.07) is 12.1. The molecular weight excluding hydrogens is 382 g/mol. The molecule has 0 amide bonds. The van der Waals surface area contributed by atoms with Gasteiger partial charge in [-0.2, -0.15) is 0 Å². The Balaban J connectivity index is 1.94. The van der Waals surface area contributed by atoms with E-state index in [0.717, 1.165) is 53.2 Å². The van der Waals surface area contributed by atoms with Crippen LogP contribution >= 0.6 is 15.9 Å². The fourth-order valence-electron chi connectivity index (χ4n) is 2.55. The summed E-state index contributed by atoms with van der Waals surface area (Å²) in [5.74, 6) is 2.47. The number of nitrogens with one attached hydrogen (secondary N) is 1. The van der Waals surface area contributed by atoms with E-state index < -0.39 is 0 Å². The second kappa shape index (κ2) is 10.3. The molecule has 0 atom stereocenters. The quantitative estimate of drug-likeness (QED) is 0.584. The molecule has 0 saturated heterocycles. The third-order valence-corrected chi connectivity index (χ3v) is 4.61. The van der Waals surface area contributed by atoms with Crippen LogP contribution in [0.1, 0.15) is 24.5 Å². The highest BCUT2D eigenvalue weighted by molar-refractivity contribution is 9.10. The zero-order valence-electron chi connectivity index (χ0n) is 15.1. The van der Waals surface area contributed by atoms with Crippen LogP contribution in [0.5, 0.6) is 17.2 Å². The van der Waals surface area contributed by atoms with Crippen molar-refractivity contribution in [1.29, 1.82) is 0 Å². The fourth-order valence-corrected chi connectivity index (χ4v) is 3.02. The number of para-hydroxylation sites is 1. The SMILES string of the molecule is CCCOc1cc(Br)c(CNCCc2ccccc2OC)cc1OC. The summed E-state index contributed by atoms with van der Waals surface area (Å²) in [5.41, 5.74) is 2.35. The lowest BCUT2D eigenvalue weighted by Gasteiger charge is -2.14. The Morgan fingerprint density at radius 2 is 1.72 bits per heavy atom. The summed E-state index contributed by atoms with van der Waals surface area (Å²) >= 11 is 3.63. The van der Waals surface area contributed by atoms with Gasteiger partial charge >= 0.3 is 0 Å². The van der Waals surface area contributed by atoms with Gasteiger partial charge in [0.2, 0.25) is 0 Å². The van der Waals surface area contributed by atoms with Crippen LogP contribution in [-0.2, 0) is 13.0 Å². The van der Waals surface area contributed by atoms with Crippen molar-refractivity contribution in [2.75, 3.05) is 27.4 Å². The standard InChI is InChI=1S/C20H26BrNO3/c1-4-11-25-20-13-17(21)16(12-19(20)24-3)14-22-10-9-15-7-5-6-8-18(15)23-2/h5-8,12-13,22H,4,9-11,14H2,1-3H3. The fraction of sp³-hybridized carbons (Fsp3) is 0.400. The molecule has 0 heterocycles. The third-order valence-electron chi connectivity index (χ3n) is 3.87. The predicted molar refractivity (Wildman–Crippen MR) is 105 cm³/mol. The molecule has 0 saturated carbocycles. The van der Waals surface area contributed by atoms with Crippen LogP contribution in [0.15, 0.2) is 40.9 Å². The van der Waals surface area contributed by atoms with Crippen LogP contribution in [-0.4, -0.2) is 27.4 Å². The maximum absolute atomic E-state index is 5.73. The second-order valence-corrected chi connectivity index (χ2v) is 6.54. The van der Waals surface area contributed by atoms with Crippen molar-refractivity contribution in [3.63, 3.8) is 0 Å². The zero-order chi connectivity index (χ0) is 18.1. The second-order valence-electron chi connectivity index (χ2n) is 5.68. The highest BCUT2D eigenvalue weighted by Gasteiger charge is 2.10. The van der Waals surface area contributed by atoms with E-state index in [9.17, 15) is 0 Å². The van der Waals surface area contributed by atoms with Gasteiger partial charge in [0.1, 0.15) is 5.75 Å². The van der Waals surface area contributed by atoms with Gasteiger partial charge in [-0.05, 0) is 48.7 Å². The van der Waals surface area contributed by atoms with E-state index in [2.05, 4.69) is 34.2 Å². The van der Waals surface area contributed by atoms with Crippen LogP contribution in [0.3, 0.4) is 0 Å². The minimum Gasteiger partial charge on any atom is -0.496 e. The Kier molecular flexibility index (Phi) is 8.09. The van der Waals surface area contributed by atoms with E-state index >= 15 is 0 Å². The first-order chi connectivity index (χ1) is 12.2. The molecule has 0 aliphatic rings. The van der Waals surface area contributed by atoms with Crippen molar-refractivity contribution in [2.24, 2.45) is 0 Å². The van der Waals surface area contributed by atoms with Crippen molar-refractivity contribution in [3.05, 3.63) is 52.0 Å². The Morgan fingerprint density at radius 1 is 0.960 bits per heavy atom. The molecule has 0 fully saturated rings. The highest BCUT2D eigenvalue weighted by atomic mass is 79.9. The van der Waals surface area contributed by atoms with Crippen LogP contribution < -0.4 is 19.5 Å². The number of hydrogen-bond donors (Lipinski definition) is 1. The lowest BCUT2D eigenvalue weighted by Crippen LogP contribution is -2.17. The summed E-state index contributed by atoms with van der Waals surface area (Å²) in [5, 5.41) is 3.47. The zero-order valence-corrected chi connectivity index (χ0v) is 16.7. The molecule has 1 N–H and O–H groups in total. The van der Waals surface area contributed by atoms with Crippen LogP contribution in [0.2, 0.25) is 0 Å². The van der Waals surface area contributed by atoms with Crippen molar-refractivity contribution in [2.45, 2.75) is 26.3 Å². The first kappa shape index (κ1) is 19.6. The molecule has 2 aromatic rings. The van der Waals surface area contributed by atoms with Gasteiger partial charge < -0.3 is 19.5 Å². The summed E-state index contributed by atoms with van der Waals surface area (Å²) < 4.78 is 17.6. The average molecular weight is 408 g/mol. The van der Waals surface area contributed by atoms with Gasteiger partial charge in [0.25, 0.3) is 0 Å². The molecule has 4 nitrogen and oxygen atoms in total. The smallest absolute Gasteiger partial charge is 0.162 e. The van der Waals surface area contributed by atoms with Gasteiger partial charge in [-0.3, -0.25) is 0 Å². The van der Waals surface area contributed by atoms with Gasteiger partial charge in [-0.15, -0.1) is 0 Å². The Labute approximate surface area is 158 Å². The molecule has 0 bridgehead atoms. The van der Waals surface area contributed by atoms with E-state index in [1.54, 1.807) is 14.2 Å². The van der Waals surface area contributed by atoms with Gasteiger partial charge in [0, 0.05) is 11.0 Å². The lowest BCUT2D eigenvalue weighted by molar-refractivity contribution is 0.294. The molecule has 136 valence electrons. The molecule has 0 spiro atoms. The highest BCUT2D eigenvalue weighted by Crippen LogP contribution is 2.33. The number of halogens is 1. The molecule has 0 unspecified atom stereocenters. The summed E-state index contributed by atoms with van der Waals surface area (Å²) in [7, 11) is 3.37. The normalized spacial score (nSPS) is 10.6. The van der Waals surface area contributed by atoms with Gasteiger partial charge in [-0.25, -0.2) is 0 Å². The molecular formula is C20H26BrNO3. The molecule has 2 rings (SSSR count). The maximum atomic E-state index is 5.73. The van der Waals surface area contributed by atoms with Crippen LogP contribution in [0.4, 0.5) is 0 Å². The van der Waals surface area contributed by atoms with Crippen molar-refractivity contribution >= 4 is 15.9 Å². The minimum absolute atomic E-state index is 0.680. The minimum atomic E-state index is 0.680. The number of methoxy groups -OCH3 is 2. The molecule has 0 aromatic heterocycles. The largest absolute Gasteiger partial charge is 0.496 e. The molecule has 25 heavy (non-hydrogen) atoms. The van der Waals surface area contributed by atoms with Crippen LogP contribution in [0, 0.1) is 0 Å². The third kappa shape index (κ3) is 5.65. The number of rotatable bonds is 10. The molecule has 0 radical (unpaired) electrons. The number of hydrogen-bond acceptors (Lipinski definition) is 4. The number of benzene rings is 2. The van der Waals surface area contributed by atoms with E-state index in [-0.39, 0.29) is 0 Å². The van der Waals surface area contributed by atoms with E-state index in [1.165, 1.54) is 5.56 Å². The van der Waals surface area contributed by atoms with Crippen LogP contribution in [0.25, 0.3) is 0 Å². The van der Waals surface area contributed by atoms with E-state index in [0.29, 0.717) is 6.61 Å². The monoisotopic (exact) mass is 407 g/mol. The first-order valence-corrected chi connectivity index (χ1v) is 9.30. The van der Waals surface area contributed by atoms with E-state index in [4.69, 9.17) is 14.2 Å². The summed E-state index contributed by atoms with van der Waals surface area (Å²) in [6.45, 7) is 4.38. The first-order valence-electron chi connectivity index (χ1n) is 8.51. The summed E-state index contributed by atoms with van der Waals surface area (Å²) in [6.07, 6.45) is 1.88. The predicted octanol–water partition coefficient (Wildman–Crippen LogP) is 4.59. The molecule has 5 heteroatoms. The summed E-state index contributed by atoms with van der Waals surface area (Å²) in [4.78, 5) is 0. The van der Waals surface area contributed by atoms with E-state index in [1.807, 2.05) is 30.3 Å². The average Bonchev–Trinajstić information content (AvgIpc) is 2.64. The lowest BCUT2D eigenvalue weighted by atomic mass is 10.1. The number of ether oxygens (including phenoxy) is 3. The maximum Gasteiger partial charge on any atom is 0.162 e. The van der Waals surface area contributed by atoms with Crippen molar-refractivity contribution < 1.29 is 14.2 Å². The van der Waals surface area contributed by atoms with Gasteiger partial charge in [0.15, 0.2) is 11.5 Å². The van der Waals surface area contributed by atoms with Crippen molar-refractivity contribution in [3.8, 4) is 17.2 Å². The van der Waals surface area contributed by atoms with Gasteiger partial charge in [0.05, 0.1) is 20.8 Å². The van der Waals surface area contributed by atoms with Crippen molar-refractivity contribution in [1.82, 2.24) is 5.32 Å². The molecule has 2 aromatic carbocycles. The Morgan fingerprint density at radius 3 is 2.44 bits per heavy atom. The molecule has 0 aliphatic heterocycles. The molecule has 0 aliphatic carbocycles.